The summed E-state index contributed by atoms with van der Waals surface area (Å²) in [5.74, 6) is -0.201. The molecule has 17 heavy (non-hydrogen) atoms. The van der Waals surface area contributed by atoms with Gasteiger partial charge in [-0.05, 0) is 17.7 Å². The molecule has 0 aromatic heterocycles. The van der Waals surface area contributed by atoms with Gasteiger partial charge in [-0.3, -0.25) is 0 Å². The number of hydrogen-bond acceptors (Lipinski definition) is 1. The van der Waals surface area contributed by atoms with Crippen molar-refractivity contribution in [3.63, 3.8) is 0 Å². The second-order valence-electron chi connectivity index (χ2n) is 3.67. The predicted molar refractivity (Wildman–Crippen MR) is 70.8 cm³/mol. The summed E-state index contributed by atoms with van der Waals surface area (Å²) in [6.07, 6.45) is 0. The minimum atomic E-state index is -0.201. The largest absolute Gasteiger partial charge is 0.304 e. The van der Waals surface area contributed by atoms with Crippen molar-refractivity contribution >= 4 is 15.9 Å². The van der Waals surface area contributed by atoms with Gasteiger partial charge in [-0.15, -0.1) is 0 Å². The van der Waals surface area contributed by atoms with E-state index in [-0.39, 0.29) is 5.82 Å². The lowest BCUT2D eigenvalue weighted by Gasteiger charge is -2.06. The lowest BCUT2D eigenvalue weighted by Crippen LogP contribution is -2.11. The van der Waals surface area contributed by atoms with Crippen molar-refractivity contribution in [1.29, 1.82) is 0 Å². The predicted octanol–water partition coefficient (Wildman–Crippen LogP) is 3.89. The molecule has 1 nitrogen and oxygen atoms in total. The van der Waals surface area contributed by atoms with Gasteiger partial charge >= 0.3 is 0 Å². The third-order valence-electron chi connectivity index (χ3n) is 2.38. The maximum absolute atomic E-state index is 13.5. The van der Waals surface area contributed by atoms with E-state index in [0.717, 1.165) is 10.0 Å². The molecule has 0 spiro atoms. The second kappa shape index (κ2) is 5.94. The Morgan fingerprint density at radius 2 is 1.88 bits per heavy atom. The number of halogens is 2. The molecule has 0 saturated heterocycles. The monoisotopic (exact) mass is 292 g/mol. The van der Waals surface area contributed by atoms with E-state index in [1.54, 1.807) is 6.07 Å². The molecule has 0 fully saturated rings. The molecule has 0 heterocycles. The van der Waals surface area contributed by atoms with Crippen LogP contribution in [0.1, 0.15) is 11.1 Å². The molecule has 0 atom stereocenters. The Bertz CT molecular complexity index is 485. The zero-order valence-corrected chi connectivity index (χ0v) is 10.7. The first-order chi connectivity index (χ1) is 8.25. The highest BCUT2D eigenvalue weighted by atomic mass is 79.9. The minimum Gasteiger partial charge on any atom is -0.304 e. The molecule has 2 rings (SSSR count). The van der Waals surface area contributed by atoms with Gasteiger partial charge in [-0.1, -0.05) is 52.3 Å². The molecule has 0 bridgehead atoms. The van der Waals surface area contributed by atoms with Gasteiger partial charge in [-0.25, -0.2) is 4.39 Å². The third kappa shape index (κ3) is 3.65. The van der Waals surface area contributed by atoms with Crippen LogP contribution in [0.25, 0.3) is 0 Å². The highest BCUT2D eigenvalue weighted by Crippen LogP contribution is 2.15. The van der Waals surface area contributed by atoms with E-state index in [9.17, 15) is 4.39 Å². The molecule has 0 aliphatic rings. The fraction of sp³-hybridized carbons (Fsp3) is 0.0714. The molecule has 3 heteroatoms. The second-order valence-corrected chi connectivity index (χ2v) is 4.59. The summed E-state index contributed by atoms with van der Waals surface area (Å²) in [5, 5.41) is 3.10. The molecular weight excluding hydrogens is 281 g/mol. The molecular formula is C14H12BrFN. The molecule has 0 amide bonds. The van der Waals surface area contributed by atoms with Gasteiger partial charge in [0, 0.05) is 16.6 Å². The zero-order valence-electron chi connectivity index (χ0n) is 9.16. The van der Waals surface area contributed by atoms with E-state index in [4.69, 9.17) is 0 Å². The molecule has 1 N–H and O–H groups in total. The average Bonchev–Trinajstić information content (AvgIpc) is 2.33. The van der Waals surface area contributed by atoms with Crippen LogP contribution >= 0.6 is 15.9 Å². The van der Waals surface area contributed by atoms with Crippen LogP contribution < -0.4 is 5.32 Å². The maximum atomic E-state index is 13.5. The molecule has 1 radical (unpaired) electrons. The van der Waals surface area contributed by atoms with E-state index < -0.39 is 0 Å². The zero-order chi connectivity index (χ0) is 12.1. The summed E-state index contributed by atoms with van der Waals surface area (Å²) in [4.78, 5) is 0. The number of hydrogen-bond donors (Lipinski definition) is 1. The highest BCUT2D eigenvalue weighted by Gasteiger charge is 2.02. The Kier molecular flexibility index (Phi) is 4.29. The molecule has 2 aromatic carbocycles. The van der Waals surface area contributed by atoms with Crippen LogP contribution in [-0.4, -0.2) is 0 Å². The Morgan fingerprint density at radius 1 is 1.12 bits per heavy atom. The SMILES string of the molecule is Fc1cc(Br)ccc1CN[CH]c1ccccc1. The maximum Gasteiger partial charge on any atom is 0.128 e. The van der Waals surface area contributed by atoms with Crippen LogP contribution in [-0.2, 0) is 6.54 Å². The molecule has 0 aliphatic heterocycles. The van der Waals surface area contributed by atoms with Gasteiger partial charge in [-0.2, -0.15) is 0 Å². The van der Waals surface area contributed by atoms with E-state index in [0.29, 0.717) is 12.1 Å². The highest BCUT2D eigenvalue weighted by molar-refractivity contribution is 9.10. The van der Waals surface area contributed by atoms with E-state index in [2.05, 4.69) is 21.2 Å². The van der Waals surface area contributed by atoms with Crippen molar-refractivity contribution in [3.8, 4) is 0 Å². The lowest BCUT2D eigenvalue weighted by molar-refractivity contribution is 0.600. The van der Waals surface area contributed by atoms with Crippen LogP contribution in [0.5, 0.6) is 0 Å². The van der Waals surface area contributed by atoms with Crippen molar-refractivity contribution < 1.29 is 4.39 Å². The van der Waals surface area contributed by atoms with Crippen LogP contribution in [0.3, 0.4) is 0 Å². The number of rotatable bonds is 4. The van der Waals surface area contributed by atoms with Gasteiger partial charge in [0.1, 0.15) is 5.82 Å². The third-order valence-corrected chi connectivity index (χ3v) is 2.87. The average molecular weight is 293 g/mol. The topological polar surface area (TPSA) is 12.0 Å². The Hall–Kier alpha value is -1.19. The van der Waals surface area contributed by atoms with Crippen LogP contribution in [0, 0.1) is 12.4 Å². The van der Waals surface area contributed by atoms with Crippen LogP contribution in [0.15, 0.2) is 53.0 Å². The first-order valence-corrected chi connectivity index (χ1v) is 6.10. The summed E-state index contributed by atoms with van der Waals surface area (Å²) in [7, 11) is 0. The Labute approximate surface area is 109 Å². The fourth-order valence-electron chi connectivity index (χ4n) is 1.49. The quantitative estimate of drug-likeness (QED) is 0.902. The van der Waals surface area contributed by atoms with Crippen molar-refractivity contribution in [2.24, 2.45) is 0 Å². The van der Waals surface area contributed by atoms with Crippen LogP contribution in [0.2, 0.25) is 0 Å². The van der Waals surface area contributed by atoms with Gasteiger partial charge in [0.2, 0.25) is 0 Å². The van der Waals surface area contributed by atoms with Gasteiger partial charge in [0.25, 0.3) is 0 Å². The van der Waals surface area contributed by atoms with E-state index in [1.807, 2.05) is 42.9 Å². The minimum absolute atomic E-state index is 0.201. The molecule has 0 aliphatic carbocycles. The molecule has 2 aromatic rings. The first kappa shape index (κ1) is 12.3. The van der Waals surface area contributed by atoms with Crippen molar-refractivity contribution in [3.05, 3.63) is 76.5 Å². The van der Waals surface area contributed by atoms with Crippen molar-refractivity contribution in [1.82, 2.24) is 5.32 Å². The van der Waals surface area contributed by atoms with E-state index in [1.165, 1.54) is 6.07 Å². The number of nitrogens with one attached hydrogen (secondary N) is 1. The van der Waals surface area contributed by atoms with Crippen LogP contribution in [0.4, 0.5) is 4.39 Å². The van der Waals surface area contributed by atoms with Gasteiger partial charge < -0.3 is 5.32 Å². The fourth-order valence-corrected chi connectivity index (χ4v) is 1.83. The van der Waals surface area contributed by atoms with Crippen molar-refractivity contribution in [2.45, 2.75) is 6.54 Å². The summed E-state index contributed by atoms with van der Waals surface area (Å²) in [6, 6.07) is 15.0. The summed E-state index contributed by atoms with van der Waals surface area (Å²) < 4.78 is 14.2. The molecule has 87 valence electrons. The summed E-state index contributed by atoms with van der Waals surface area (Å²) in [5.41, 5.74) is 1.73. The Balaban J connectivity index is 1.90. The Morgan fingerprint density at radius 3 is 2.59 bits per heavy atom. The standard InChI is InChI=1S/C14H12BrFN/c15-13-7-6-12(14(16)8-13)10-17-9-11-4-2-1-3-5-11/h1-9,17H,10H2. The molecule has 0 saturated carbocycles. The summed E-state index contributed by atoms with van der Waals surface area (Å²) >= 11 is 3.23. The number of benzene rings is 2. The smallest absolute Gasteiger partial charge is 0.128 e. The van der Waals surface area contributed by atoms with Gasteiger partial charge in [0.05, 0.1) is 6.54 Å². The first-order valence-electron chi connectivity index (χ1n) is 5.31. The van der Waals surface area contributed by atoms with Gasteiger partial charge in [0.15, 0.2) is 0 Å². The van der Waals surface area contributed by atoms with Crippen molar-refractivity contribution in [2.75, 3.05) is 0 Å². The summed E-state index contributed by atoms with van der Waals surface area (Å²) in [6.45, 7) is 2.36. The lowest BCUT2D eigenvalue weighted by atomic mass is 10.2. The molecule has 0 unspecified atom stereocenters. The normalized spacial score (nSPS) is 10.5. The van der Waals surface area contributed by atoms with E-state index >= 15 is 0 Å².